The third kappa shape index (κ3) is 6.50. The van der Waals surface area contributed by atoms with Gasteiger partial charge in [0, 0.05) is 50.0 Å². The number of aromatic nitrogens is 4. The van der Waals surface area contributed by atoms with Gasteiger partial charge in [0.1, 0.15) is 5.82 Å². The monoisotopic (exact) mass is 564 g/mol. The molecule has 4 heterocycles. The fraction of sp³-hybridized carbons (Fsp3) is 0.536. The van der Waals surface area contributed by atoms with Crippen LogP contribution in [0.15, 0.2) is 30.7 Å². The van der Waals surface area contributed by atoms with Crippen LogP contribution >= 0.6 is 0 Å². The van der Waals surface area contributed by atoms with Gasteiger partial charge in [-0.05, 0) is 64.6 Å². The Kier molecular flexibility index (Phi) is 7.86. The van der Waals surface area contributed by atoms with Crippen molar-refractivity contribution in [2.75, 3.05) is 49.2 Å². The number of halogens is 1. The lowest BCUT2D eigenvalue weighted by molar-refractivity contribution is 0.102. The maximum atomic E-state index is 14.1. The molecule has 0 aromatic carbocycles. The number of pyridine rings is 1. The fourth-order valence-corrected chi connectivity index (χ4v) is 5.52. The van der Waals surface area contributed by atoms with Crippen LogP contribution in [0, 0.1) is 5.82 Å². The van der Waals surface area contributed by atoms with Crippen LogP contribution < -0.4 is 21.3 Å². The molecule has 3 fully saturated rings. The maximum absolute atomic E-state index is 14.1. The van der Waals surface area contributed by atoms with E-state index in [2.05, 4.69) is 43.2 Å². The highest BCUT2D eigenvalue weighted by Gasteiger charge is 2.27. The first-order valence-corrected chi connectivity index (χ1v) is 14.5. The third-order valence-corrected chi connectivity index (χ3v) is 8.07. The summed E-state index contributed by atoms with van der Waals surface area (Å²) in [5, 5.41) is 17.6. The molecule has 3 aliphatic rings. The average molecular weight is 565 g/mol. The predicted molar refractivity (Wildman–Crippen MR) is 154 cm³/mol. The van der Waals surface area contributed by atoms with Gasteiger partial charge < -0.3 is 31.1 Å². The van der Waals surface area contributed by atoms with Gasteiger partial charge in [0.15, 0.2) is 17.2 Å². The van der Waals surface area contributed by atoms with Crippen LogP contribution in [0.25, 0.3) is 5.65 Å². The van der Waals surface area contributed by atoms with E-state index >= 15 is 0 Å². The number of fused-ring (bicyclic) bond motifs is 1. The first kappa shape index (κ1) is 27.2. The molecule has 3 amide bonds. The van der Waals surface area contributed by atoms with Crippen molar-refractivity contribution in [1.29, 1.82) is 0 Å². The van der Waals surface area contributed by atoms with E-state index in [-0.39, 0.29) is 29.5 Å². The van der Waals surface area contributed by atoms with Crippen LogP contribution in [0.4, 0.5) is 26.4 Å². The molecule has 2 saturated carbocycles. The van der Waals surface area contributed by atoms with Gasteiger partial charge in [0.25, 0.3) is 5.91 Å². The number of nitrogens with one attached hydrogen (secondary N) is 4. The molecular weight excluding hydrogens is 527 g/mol. The number of hydrogen-bond acceptors (Lipinski definition) is 8. The standard InChI is InChI=1S/C28H37FN10O2/c1-37-11-2-12-38(14-13-37)28(41)34-20-7-5-19(6-8-20)33-25-15-23(32-18-3-4-18)26-31-17-24(39(26)36-25)27(40)35-22-9-10-30-16-21(22)29/h9-10,15-20,32H,2-8,11-14H2,1H3,(H,33,36)(H,34,41)(H,30,35,40). The Morgan fingerprint density at radius 1 is 0.927 bits per heavy atom. The quantitative estimate of drug-likeness (QED) is 0.344. The number of amides is 3. The van der Waals surface area contributed by atoms with Gasteiger partial charge in [-0.3, -0.25) is 9.78 Å². The Labute approximate surface area is 238 Å². The molecule has 4 N–H and O–H groups in total. The van der Waals surface area contributed by atoms with Crippen LogP contribution in [-0.2, 0) is 0 Å². The molecule has 3 aromatic heterocycles. The SMILES string of the molecule is CN1CCCN(C(=O)NC2CCC(Nc3cc(NC4CC4)c4ncc(C(=O)Nc5ccncc5F)n4n3)CC2)CC1. The lowest BCUT2D eigenvalue weighted by atomic mass is 9.91. The molecule has 41 heavy (non-hydrogen) atoms. The predicted octanol–water partition coefficient (Wildman–Crippen LogP) is 3.16. The highest BCUT2D eigenvalue weighted by atomic mass is 19.1. The van der Waals surface area contributed by atoms with E-state index in [9.17, 15) is 14.0 Å². The zero-order valence-corrected chi connectivity index (χ0v) is 23.3. The Morgan fingerprint density at radius 2 is 1.68 bits per heavy atom. The van der Waals surface area contributed by atoms with Crippen LogP contribution in [0.1, 0.15) is 55.4 Å². The smallest absolute Gasteiger partial charge is 0.317 e. The van der Waals surface area contributed by atoms with Gasteiger partial charge in [-0.15, -0.1) is 5.10 Å². The van der Waals surface area contributed by atoms with Gasteiger partial charge >= 0.3 is 6.03 Å². The minimum absolute atomic E-state index is 0.0391. The van der Waals surface area contributed by atoms with Gasteiger partial charge in [0.05, 0.1) is 23.8 Å². The second-order valence-corrected chi connectivity index (χ2v) is 11.3. The lowest BCUT2D eigenvalue weighted by Crippen LogP contribution is -2.47. The van der Waals surface area contributed by atoms with Gasteiger partial charge in [-0.2, -0.15) is 0 Å². The number of nitrogens with zero attached hydrogens (tertiary/aromatic N) is 6. The number of likely N-dealkylation sites (N-methyl/N-ethyl adjacent to an activating group) is 1. The highest BCUT2D eigenvalue weighted by Crippen LogP contribution is 2.30. The summed E-state index contributed by atoms with van der Waals surface area (Å²) in [5.41, 5.74) is 1.57. The van der Waals surface area contributed by atoms with Crippen molar-refractivity contribution in [3.05, 3.63) is 42.2 Å². The Hall–Kier alpha value is -4.00. The Morgan fingerprint density at radius 3 is 2.46 bits per heavy atom. The Balaban J connectivity index is 1.12. The van der Waals surface area contributed by atoms with Gasteiger partial charge in [-0.25, -0.2) is 18.7 Å². The first-order chi connectivity index (χ1) is 19.9. The second kappa shape index (κ2) is 11.9. The van der Waals surface area contributed by atoms with Crippen molar-refractivity contribution in [2.24, 2.45) is 0 Å². The minimum Gasteiger partial charge on any atom is -0.379 e. The molecular formula is C28H37FN10O2. The minimum atomic E-state index is -0.619. The molecule has 12 nitrogen and oxygen atoms in total. The number of rotatable bonds is 7. The van der Waals surface area contributed by atoms with E-state index in [4.69, 9.17) is 5.10 Å². The van der Waals surface area contributed by atoms with Crippen molar-refractivity contribution < 1.29 is 14.0 Å². The summed E-state index contributed by atoms with van der Waals surface area (Å²) in [7, 11) is 2.10. The molecule has 1 saturated heterocycles. The molecule has 0 unspecified atom stereocenters. The van der Waals surface area contributed by atoms with E-state index in [0.29, 0.717) is 17.5 Å². The molecule has 0 atom stereocenters. The molecule has 6 rings (SSSR count). The topological polar surface area (TPSA) is 132 Å². The van der Waals surface area contributed by atoms with Gasteiger partial charge in [0.2, 0.25) is 0 Å². The van der Waals surface area contributed by atoms with E-state index < -0.39 is 11.7 Å². The third-order valence-electron chi connectivity index (χ3n) is 8.07. The summed E-state index contributed by atoms with van der Waals surface area (Å²) in [6, 6.07) is 4.09. The van der Waals surface area contributed by atoms with Crippen LogP contribution in [0.2, 0.25) is 0 Å². The van der Waals surface area contributed by atoms with Crippen molar-refractivity contribution in [2.45, 2.75) is 63.1 Å². The van der Waals surface area contributed by atoms with Crippen molar-refractivity contribution in [3.8, 4) is 0 Å². The van der Waals surface area contributed by atoms with Crippen molar-refractivity contribution >= 4 is 34.8 Å². The fourth-order valence-electron chi connectivity index (χ4n) is 5.52. The number of urea groups is 1. The number of anilines is 3. The number of hydrogen-bond donors (Lipinski definition) is 4. The van der Waals surface area contributed by atoms with Crippen LogP contribution in [0.5, 0.6) is 0 Å². The largest absolute Gasteiger partial charge is 0.379 e. The highest BCUT2D eigenvalue weighted by molar-refractivity contribution is 6.03. The van der Waals surface area contributed by atoms with Crippen LogP contribution in [-0.4, -0.2) is 92.7 Å². The zero-order valence-electron chi connectivity index (χ0n) is 23.3. The molecule has 2 aliphatic carbocycles. The number of imidazole rings is 1. The van der Waals surface area contributed by atoms with Crippen LogP contribution in [0.3, 0.4) is 0 Å². The van der Waals surface area contributed by atoms with Crippen molar-refractivity contribution in [1.82, 2.24) is 34.7 Å². The van der Waals surface area contributed by atoms with Gasteiger partial charge in [-0.1, -0.05) is 0 Å². The molecule has 0 bridgehead atoms. The zero-order chi connectivity index (χ0) is 28.3. The maximum Gasteiger partial charge on any atom is 0.317 e. The molecule has 0 radical (unpaired) electrons. The van der Waals surface area contributed by atoms with E-state index in [1.54, 1.807) is 0 Å². The summed E-state index contributed by atoms with van der Waals surface area (Å²) < 4.78 is 15.6. The summed E-state index contributed by atoms with van der Waals surface area (Å²) >= 11 is 0. The average Bonchev–Trinajstić information content (AvgIpc) is 3.72. The molecule has 218 valence electrons. The molecule has 13 heteroatoms. The lowest BCUT2D eigenvalue weighted by Gasteiger charge is -2.32. The normalized spacial score (nSPS) is 21.8. The summed E-state index contributed by atoms with van der Waals surface area (Å²) in [4.78, 5) is 38.3. The van der Waals surface area contributed by atoms with E-state index in [1.807, 2.05) is 11.0 Å². The number of carbonyl (C=O) groups is 2. The van der Waals surface area contributed by atoms with E-state index in [1.165, 1.54) is 23.0 Å². The molecule has 1 aliphatic heterocycles. The van der Waals surface area contributed by atoms with E-state index in [0.717, 1.165) is 83.0 Å². The first-order valence-electron chi connectivity index (χ1n) is 14.5. The summed E-state index contributed by atoms with van der Waals surface area (Å²) in [5.74, 6) is -0.507. The summed E-state index contributed by atoms with van der Waals surface area (Å²) in [6.07, 6.45) is 10.6. The Bertz CT molecular complexity index is 1400. The summed E-state index contributed by atoms with van der Waals surface area (Å²) in [6.45, 7) is 3.48. The van der Waals surface area contributed by atoms with Crippen molar-refractivity contribution in [3.63, 3.8) is 0 Å². The second-order valence-electron chi connectivity index (χ2n) is 11.3. The molecule has 3 aromatic rings. The molecule has 0 spiro atoms. The number of carbonyl (C=O) groups excluding carboxylic acids is 2.